The fraction of sp³-hybridized carbons (Fsp3) is 0.350. The van der Waals surface area contributed by atoms with Crippen molar-refractivity contribution in [2.45, 2.75) is 31.1 Å². The Labute approximate surface area is 149 Å². The molecular weight excluding hydrogens is 334 g/mol. The fourth-order valence-corrected chi connectivity index (χ4v) is 3.97. The summed E-state index contributed by atoms with van der Waals surface area (Å²) in [6.07, 6.45) is 2.71. The summed E-state index contributed by atoms with van der Waals surface area (Å²) < 4.78 is 27.5. The molecule has 132 valence electrons. The Morgan fingerprint density at radius 3 is 2.32 bits per heavy atom. The van der Waals surface area contributed by atoms with Gasteiger partial charge in [-0.15, -0.1) is 0 Å². The quantitative estimate of drug-likeness (QED) is 0.736. The van der Waals surface area contributed by atoms with Crippen LogP contribution in [0.3, 0.4) is 0 Å². The van der Waals surface area contributed by atoms with Crippen LogP contribution in [0, 0.1) is 11.8 Å². The molecule has 0 bridgehead atoms. The molecule has 1 fully saturated rings. The van der Waals surface area contributed by atoms with E-state index in [-0.39, 0.29) is 22.5 Å². The van der Waals surface area contributed by atoms with Gasteiger partial charge in [-0.25, -0.2) is 13.1 Å². The summed E-state index contributed by atoms with van der Waals surface area (Å²) in [5, 5.41) is 0. The van der Waals surface area contributed by atoms with Gasteiger partial charge in [0.2, 0.25) is 10.0 Å². The zero-order chi connectivity index (χ0) is 17.9. The van der Waals surface area contributed by atoms with Crippen molar-refractivity contribution in [2.24, 2.45) is 11.8 Å². The number of carbonyl (C=O) groups excluding carboxylic acids is 1. The molecular formula is C20H23NO3S. The van der Waals surface area contributed by atoms with E-state index in [0.717, 1.165) is 19.3 Å². The molecule has 0 aromatic heterocycles. The van der Waals surface area contributed by atoms with Gasteiger partial charge in [0.1, 0.15) is 0 Å². The summed E-state index contributed by atoms with van der Waals surface area (Å²) in [6, 6.07) is 16.3. The average molecular weight is 357 g/mol. The lowest BCUT2D eigenvalue weighted by Crippen LogP contribution is -2.29. The van der Waals surface area contributed by atoms with Gasteiger partial charge in [-0.05, 0) is 42.9 Å². The highest BCUT2D eigenvalue weighted by atomic mass is 32.2. The van der Waals surface area contributed by atoms with Gasteiger partial charge in [-0.1, -0.05) is 49.4 Å². The maximum absolute atomic E-state index is 12.4. The Morgan fingerprint density at radius 2 is 1.72 bits per heavy atom. The predicted molar refractivity (Wildman–Crippen MR) is 98.0 cm³/mol. The van der Waals surface area contributed by atoms with Crippen LogP contribution in [-0.4, -0.2) is 20.7 Å². The Kier molecular flexibility index (Phi) is 5.35. The van der Waals surface area contributed by atoms with Gasteiger partial charge in [-0.2, -0.15) is 0 Å². The van der Waals surface area contributed by atoms with Crippen molar-refractivity contribution < 1.29 is 13.2 Å². The molecule has 0 aliphatic heterocycles. The molecule has 0 radical (unpaired) electrons. The molecule has 1 unspecified atom stereocenters. The maximum Gasteiger partial charge on any atom is 0.240 e. The van der Waals surface area contributed by atoms with Gasteiger partial charge in [0.25, 0.3) is 0 Å². The van der Waals surface area contributed by atoms with E-state index in [4.69, 9.17) is 0 Å². The van der Waals surface area contributed by atoms with Gasteiger partial charge in [0, 0.05) is 18.0 Å². The molecule has 0 heterocycles. The molecule has 25 heavy (non-hydrogen) atoms. The predicted octanol–water partition coefficient (Wildman–Crippen LogP) is 3.44. The molecule has 1 N–H and O–H groups in total. The van der Waals surface area contributed by atoms with Crippen molar-refractivity contribution in [3.05, 3.63) is 65.7 Å². The Morgan fingerprint density at radius 1 is 1.08 bits per heavy atom. The summed E-state index contributed by atoms with van der Waals surface area (Å²) in [4.78, 5) is 12.2. The third-order valence-electron chi connectivity index (χ3n) is 4.45. The van der Waals surface area contributed by atoms with Crippen molar-refractivity contribution in [3.63, 3.8) is 0 Å². The minimum atomic E-state index is -3.56. The van der Waals surface area contributed by atoms with E-state index in [2.05, 4.69) is 4.72 Å². The molecule has 3 rings (SSSR count). The molecule has 0 amide bonds. The van der Waals surface area contributed by atoms with E-state index >= 15 is 0 Å². The second-order valence-electron chi connectivity index (χ2n) is 6.81. The number of carbonyl (C=O) groups is 1. The van der Waals surface area contributed by atoms with Gasteiger partial charge in [0.05, 0.1) is 4.90 Å². The summed E-state index contributed by atoms with van der Waals surface area (Å²) in [5.41, 5.74) is 1.79. The summed E-state index contributed by atoms with van der Waals surface area (Å²) in [5.74, 6) is 0.445. The molecule has 1 aliphatic carbocycles. The number of hydrogen-bond donors (Lipinski definition) is 1. The second kappa shape index (κ2) is 7.50. The Bertz CT molecular complexity index is 825. The molecule has 5 heteroatoms. The lowest BCUT2D eigenvalue weighted by Gasteiger charge is -2.13. The SMILES string of the molecule is CC(CNS(=O)(=O)c1ccc(C(=O)C2CC2)cc1)Cc1ccccc1. The molecule has 0 spiro atoms. The number of nitrogens with one attached hydrogen (secondary N) is 1. The smallest absolute Gasteiger partial charge is 0.240 e. The minimum absolute atomic E-state index is 0.119. The normalized spacial score (nSPS) is 15.7. The maximum atomic E-state index is 12.4. The fourth-order valence-electron chi connectivity index (χ4n) is 2.80. The van der Waals surface area contributed by atoms with Crippen LogP contribution in [0.5, 0.6) is 0 Å². The molecule has 1 atom stereocenters. The van der Waals surface area contributed by atoms with Gasteiger partial charge in [-0.3, -0.25) is 4.79 Å². The first-order valence-corrected chi connectivity index (χ1v) is 10.1. The van der Waals surface area contributed by atoms with Crippen LogP contribution in [0.1, 0.15) is 35.7 Å². The number of Topliss-reactive ketones (excluding diaryl/α,β-unsaturated/α-hetero) is 1. The van der Waals surface area contributed by atoms with Crippen LogP contribution >= 0.6 is 0 Å². The van der Waals surface area contributed by atoms with Crippen LogP contribution in [0.2, 0.25) is 0 Å². The topological polar surface area (TPSA) is 63.2 Å². The minimum Gasteiger partial charge on any atom is -0.294 e. The van der Waals surface area contributed by atoms with Gasteiger partial charge >= 0.3 is 0 Å². The van der Waals surface area contributed by atoms with Crippen molar-refractivity contribution in [1.82, 2.24) is 4.72 Å². The largest absolute Gasteiger partial charge is 0.294 e. The van der Waals surface area contributed by atoms with E-state index in [9.17, 15) is 13.2 Å². The van der Waals surface area contributed by atoms with Gasteiger partial charge < -0.3 is 0 Å². The third kappa shape index (κ3) is 4.77. The Balaban J connectivity index is 1.58. The molecule has 4 nitrogen and oxygen atoms in total. The molecule has 1 aliphatic rings. The van der Waals surface area contributed by atoms with Crippen molar-refractivity contribution in [2.75, 3.05) is 6.54 Å². The van der Waals surface area contributed by atoms with Crippen LogP contribution < -0.4 is 4.72 Å². The van der Waals surface area contributed by atoms with Gasteiger partial charge in [0.15, 0.2) is 5.78 Å². The summed E-state index contributed by atoms with van der Waals surface area (Å²) >= 11 is 0. The van der Waals surface area contributed by atoms with Crippen LogP contribution in [-0.2, 0) is 16.4 Å². The molecule has 1 saturated carbocycles. The Hall–Kier alpha value is -1.98. The third-order valence-corrected chi connectivity index (χ3v) is 5.89. The highest BCUT2D eigenvalue weighted by Crippen LogP contribution is 2.32. The molecule has 2 aromatic carbocycles. The van der Waals surface area contributed by atoms with E-state index in [1.54, 1.807) is 12.1 Å². The standard InChI is InChI=1S/C20H23NO3S/c1-15(13-16-5-3-2-4-6-16)14-21-25(23,24)19-11-9-18(10-12-19)20(22)17-7-8-17/h2-6,9-12,15,17,21H,7-8,13-14H2,1H3. The van der Waals surface area contributed by atoms with E-state index < -0.39 is 10.0 Å². The first-order valence-electron chi connectivity index (χ1n) is 8.63. The highest BCUT2D eigenvalue weighted by Gasteiger charge is 2.30. The van der Waals surface area contributed by atoms with Crippen LogP contribution in [0.15, 0.2) is 59.5 Å². The van der Waals surface area contributed by atoms with Crippen molar-refractivity contribution in [3.8, 4) is 0 Å². The van der Waals surface area contributed by atoms with Crippen LogP contribution in [0.4, 0.5) is 0 Å². The van der Waals surface area contributed by atoms with E-state index in [1.807, 2.05) is 37.3 Å². The number of rotatable bonds is 8. The first kappa shape index (κ1) is 17.8. The lowest BCUT2D eigenvalue weighted by atomic mass is 10.0. The average Bonchev–Trinajstić information content (AvgIpc) is 3.46. The number of sulfonamides is 1. The summed E-state index contributed by atoms with van der Waals surface area (Å²) in [7, 11) is -3.56. The number of hydrogen-bond acceptors (Lipinski definition) is 3. The van der Waals surface area contributed by atoms with Crippen LogP contribution in [0.25, 0.3) is 0 Å². The molecule has 0 saturated heterocycles. The molecule has 2 aromatic rings. The number of ketones is 1. The summed E-state index contributed by atoms with van der Waals surface area (Å²) in [6.45, 7) is 2.40. The second-order valence-corrected chi connectivity index (χ2v) is 8.58. The highest BCUT2D eigenvalue weighted by molar-refractivity contribution is 7.89. The lowest BCUT2D eigenvalue weighted by molar-refractivity contribution is 0.0967. The monoisotopic (exact) mass is 357 g/mol. The first-order chi connectivity index (χ1) is 12.0. The zero-order valence-corrected chi connectivity index (χ0v) is 15.1. The zero-order valence-electron chi connectivity index (χ0n) is 14.3. The van der Waals surface area contributed by atoms with Crippen molar-refractivity contribution >= 4 is 15.8 Å². The van der Waals surface area contributed by atoms with Crippen molar-refractivity contribution in [1.29, 1.82) is 0 Å². The number of benzene rings is 2. The van der Waals surface area contributed by atoms with E-state index in [0.29, 0.717) is 12.1 Å². The van der Waals surface area contributed by atoms with E-state index in [1.165, 1.54) is 17.7 Å².